The zero-order valence-electron chi connectivity index (χ0n) is 6.17. The summed E-state index contributed by atoms with van der Waals surface area (Å²) in [6.07, 6.45) is 0. The highest BCUT2D eigenvalue weighted by Gasteiger charge is 2.34. The van der Waals surface area contributed by atoms with Gasteiger partial charge in [0.05, 0.1) is 0 Å². The molecule has 0 aliphatic carbocycles. The second-order valence-corrected chi connectivity index (χ2v) is 2.74. The number of carbonyl (C=O) groups is 2. The molecule has 0 rings (SSSR count). The monoisotopic (exact) mass is 162 g/mol. The normalized spacial score (nSPS) is 10.8. The van der Waals surface area contributed by atoms with Crippen LogP contribution in [0.4, 0.5) is 0 Å². The molecule has 4 heteroatoms. The highest BCUT2D eigenvalue weighted by Crippen LogP contribution is 2.18. The Kier molecular flexibility index (Phi) is 2.90. The maximum Gasteiger partial charge on any atom is 0.330 e. The molecule has 0 saturated carbocycles. The number of hydrogen-bond acceptors (Lipinski definition) is 4. The molecule has 0 aromatic heterocycles. The highest BCUT2D eigenvalue weighted by atomic mass is 32.1. The van der Waals surface area contributed by atoms with Crippen molar-refractivity contribution in [3.63, 3.8) is 0 Å². The van der Waals surface area contributed by atoms with Crippen molar-refractivity contribution < 1.29 is 13.8 Å². The van der Waals surface area contributed by atoms with Crippen molar-refractivity contribution in [1.82, 2.24) is 0 Å². The van der Waals surface area contributed by atoms with Gasteiger partial charge in [-0.1, -0.05) is 0 Å². The maximum absolute atomic E-state index is 10.8. The molecule has 0 N–H and O–H groups in total. The lowest BCUT2D eigenvalue weighted by Crippen LogP contribution is -2.31. The summed E-state index contributed by atoms with van der Waals surface area (Å²) < 4.78 is 4.11. The lowest BCUT2D eigenvalue weighted by Gasteiger charge is -2.15. The van der Waals surface area contributed by atoms with Gasteiger partial charge in [-0.15, -0.1) is 0 Å². The van der Waals surface area contributed by atoms with E-state index < -0.39 is 11.4 Å². The molecular formula is C6H10O3S. The van der Waals surface area contributed by atoms with Crippen LogP contribution in [0.15, 0.2) is 0 Å². The van der Waals surface area contributed by atoms with E-state index in [9.17, 15) is 9.59 Å². The van der Waals surface area contributed by atoms with Crippen molar-refractivity contribution in [2.24, 2.45) is 5.41 Å². The fourth-order valence-electron chi connectivity index (χ4n) is 0.258. The Bertz CT molecular complexity index is 162. The van der Waals surface area contributed by atoms with E-state index in [0.29, 0.717) is 0 Å². The van der Waals surface area contributed by atoms with E-state index in [1.165, 1.54) is 20.8 Å². The zero-order chi connectivity index (χ0) is 8.36. The van der Waals surface area contributed by atoms with Crippen molar-refractivity contribution in [3.8, 4) is 0 Å². The van der Waals surface area contributed by atoms with Crippen molar-refractivity contribution in [2.75, 3.05) is 0 Å². The van der Waals surface area contributed by atoms with Gasteiger partial charge in [-0.25, -0.2) is 4.79 Å². The van der Waals surface area contributed by atoms with E-state index in [2.05, 4.69) is 17.1 Å². The van der Waals surface area contributed by atoms with Crippen LogP contribution in [0.25, 0.3) is 0 Å². The van der Waals surface area contributed by atoms with Gasteiger partial charge in [-0.05, 0) is 20.8 Å². The van der Waals surface area contributed by atoms with Gasteiger partial charge >= 0.3 is 5.97 Å². The minimum atomic E-state index is -1.07. The first-order valence-corrected chi connectivity index (χ1v) is 3.16. The Morgan fingerprint density at radius 3 is 1.90 bits per heavy atom. The van der Waals surface area contributed by atoms with Gasteiger partial charge < -0.3 is 4.18 Å². The Labute approximate surface area is 65.4 Å². The number of rotatable bonds is 2. The minimum Gasteiger partial charge on any atom is -0.394 e. The third-order valence-corrected chi connectivity index (χ3v) is 1.64. The summed E-state index contributed by atoms with van der Waals surface area (Å²) in [6, 6.07) is 0. The Morgan fingerprint density at radius 1 is 1.40 bits per heavy atom. The fraction of sp³-hybridized carbons (Fsp3) is 0.667. The smallest absolute Gasteiger partial charge is 0.330 e. The molecule has 0 aromatic rings. The van der Waals surface area contributed by atoms with Gasteiger partial charge in [0.2, 0.25) is 0 Å². The zero-order valence-corrected chi connectivity index (χ0v) is 7.07. The van der Waals surface area contributed by atoms with Crippen LogP contribution in [-0.2, 0) is 13.8 Å². The molecule has 0 spiro atoms. The second kappa shape index (κ2) is 3.05. The molecule has 0 aliphatic rings. The molecule has 10 heavy (non-hydrogen) atoms. The number of ketones is 1. The molecule has 0 aromatic carbocycles. The standard InChI is InChI=1S/C6H10O3S/c1-4(7)6(2,3)5(8)9-10/h10H,1-3H3. The van der Waals surface area contributed by atoms with E-state index in [1.807, 2.05) is 0 Å². The van der Waals surface area contributed by atoms with Crippen LogP contribution in [0.2, 0.25) is 0 Å². The van der Waals surface area contributed by atoms with Gasteiger partial charge in [0.1, 0.15) is 11.2 Å². The average molecular weight is 162 g/mol. The third kappa shape index (κ3) is 1.73. The molecule has 0 radical (unpaired) electrons. The molecular weight excluding hydrogens is 152 g/mol. The van der Waals surface area contributed by atoms with Crippen LogP contribution in [0.3, 0.4) is 0 Å². The summed E-state index contributed by atoms with van der Waals surface area (Å²) in [5, 5.41) is 0. The number of carbonyl (C=O) groups excluding carboxylic acids is 2. The molecule has 3 nitrogen and oxygen atoms in total. The lowest BCUT2D eigenvalue weighted by molar-refractivity contribution is -0.148. The SMILES string of the molecule is CC(=O)C(C)(C)C(=O)OS. The molecule has 0 bridgehead atoms. The number of hydrogen-bond donors (Lipinski definition) is 1. The van der Waals surface area contributed by atoms with E-state index in [-0.39, 0.29) is 5.78 Å². The van der Waals surface area contributed by atoms with Crippen molar-refractivity contribution in [1.29, 1.82) is 0 Å². The summed E-state index contributed by atoms with van der Waals surface area (Å²) in [4.78, 5) is 21.5. The van der Waals surface area contributed by atoms with Crippen molar-refractivity contribution >= 4 is 24.7 Å². The second-order valence-electron chi connectivity index (χ2n) is 2.56. The first-order chi connectivity index (χ1) is 4.42. The van der Waals surface area contributed by atoms with Crippen LogP contribution in [0.1, 0.15) is 20.8 Å². The van der Waals surface area contributed by atoms with Crippen LogP contribution in [0, 0.1) is 5.41 Å². The van der Waals surface area contributed by atoms with E-state index in [0.717, 1.165) is 0 Å². The summed E-state index contributed by atoms with van der Waals surface area (Å²) in [6.45, 7) is 4.33. The van der Waals surface area contributed by atoms with Gasteiger partial charge in [-0.3, -0.25) is 4.79 Å². The Hall–Kier alpha value is -0.510. The lowest BCUT2D eigenvalue weighted by atomic mass is 9.89. The summed E-state index contributed by atoms with van der Waals surface area (Å²) in [7, 11) is 0. The quantitative estimate of drug-likeness (QED) is 0.374. The van der Waals surface area contributed by atoms with Crippen LogP contribution >= 0.6 is 12.9 Å². The summed E-state index contributed by atoms with van der Waals surface area (Å²) >= 11 is 3.30. The average Bonchev–Trinajstić information content (AvgIpc) is 1.86. The molecule has 0 aliphatic heterocycles. The van der Waals surface area contributed by atoms with Gasteiger partial charge in [0.15, 0.2) is 0 Å². The first kappa shape index (κ1) is 9.49. The van der Waals surface area contributed by atoms with E-state index in [4.69, 9.17) is 0 Å². The third-order valence-electron chi connectivity index (χ3n) is 1.47. The predicted molar refractivity (Wildman–Crippen MR) is 39.5 cm³/mol. The molecule has 0 unspecified atom stereocenters. The van der Waals surface area contributed by atoms with Crippen LogP contribution in [-0.4, -0.2) is 11.8 Å². The number of Topliss-reactive ketones (excluding diaryl/α,β-unsaturated/α-hetero) is 1. The van der Waals surface area contributed by atoms with Crippen molar-refractivity contribution in [2.45, 2.75) is 20.8 Å². The van der Waals surface area contributed by atoms with E-state index in [1.54, 1.807) is 0 Å². The number of thiol groups is 1. The first-order valence-electron chi connectivity index (χ1n) is 2.79. The summed E-state index contributed by atoms with van der Waals surface area (Å²) in [5.74, 6) is -0.852. The maximum atomic E-state index is 10.8. The molecule has 0 saturated heterocycles. The van der Waals surface area contributed by atoms with Crippen LogP contribution < -0.4 is 0 Å². The fourth-order valence-corrected chi connectivity index (χ4v) is 0.486. The highest BCUT2D eigenvalue weighted by molar-refractivity contribution is 7.75. The predicted octanol–water partition coefficient (Wildman–Crippen LogP) is 0.990. The van der Waals surface area contributed by atoms with E-state index >= 15 is 0 Å². The van der Waals surface area contributed by atoms with Gasteiger partial charge in [0, 0.05) is 12.9 Å². The molecule has 58 valence electrons. The van der Waals surface area contributed by atoms with Gasteiger partial charge in [-0.2, -0.15) is 0 Å². The van der Waals surface area contributed by atoms with Crippen LogP contribution in [0.5, 0.6) is 0 Å². The largest absolute Gasteiger partial charge is 0.394 e. The van der Waals surface area contributed by atoms with Crippen molar-refractivity contribution in [3.05, 3.63) is 0 Å². The molecule has 0 atom stereocenters. The minimum absolute atomic E-state index is 0.230. The van der Waals surface area contributed by atoms with Gasteiger partial charge in [0.25, 0.3) is 0 Å². The molecule has 0 heterocycles. The Balaban J connectivity index is 4.40. The molecule has 0 fully saturated rings. The Morgan fingerprint density at radius 2 is 1.80 bits per heavy atom. The topological polar surface area (TPSA) is 43.4 Å². The molecule has 0 amide bonds. The summed E-state index contributed by atoms with van der Waals surface area (Å²) in [5.41, 5.74) is -1.07.